The summed E-state index contributed by atoms with van der Waals surface area (Å²) in [7, 11) is 0. The quantitative estimate of drug-likeness (QED) is 0.834. The topological polar surface area (TPSA) is 84.2 Å². The van der Waals surface area contributed by atoms with E-state index in [2.05, 4.69) is 10.4 Å². The van der Waals surface area contributed by atoms with Crippen LogP contribution in [0.2, 0.25) is 0 Å². The first-order valence-electron chi connectivity index (χ1n) is 6.64. The van der Waals surface area contributed by atoms with E-state index in [0.29, 0.717) is 6.54 Å². The number of carbonyl (C=O) groups excluding carboxylic acids is 1. The second kappa shape index (κ2) is 6.81. The maximum Gasteiger partial charge on any atom is 0.271 e. The minimum absolute atomic E-state index is 0.137. The van der Waals surface area contributed by atoms with Crippen molar-refractivity contribution in [1.82, 2.24) is 15.1 Å². The highest BCUT2D eigenvalue weighted by Gasteiger charge is 2.10. The smallest absolute Gasteiger partial charge is 0.271 e. The summed E-state index contributed by atoms with van der Waals surface area (Å²) in [5, 5.41) is 15.7. The van der Waals surface area contributed by atoms with E-state index in [4.69, 9.17) is 5.11 Å². The predicted molar refractivity (Wildman–Crippen MR) is 78.1 cm³/mol. The maximum atomic E-state index is 11.9. The first-order chi connectivity index (χ1) is 10.1. The Morgan fingerprint density at radius 1 is 1.29 bits per heavy atom. The highest BCUT2D eigenvalue weighted by molar-refractivity contribution is 5.91. The van der Waals surface area contributed by atoms with Crippen molar-refractivity contribution in [3.05, 3.63) is 64.1 Å². The van der Waals surface area contributed by atoms with Crippen LogP contribution in [-0.4, -0.2) is 33.4 Å². The van der Waals surface area contributed by atoms with E-state index >= 15 is 0 Å². The van der Waals surface area contributed by atoms with Crippen LogP contribution >= 0.6 is 0 Å². The lowest BCUT2D eigenvalue weighted by Gasteiger charge is -2.09. The van der Waals surface area contributed by atoms with E-state index in [0.717, 1.165) is 5.56 Å². The van der Waals surface area contributed by atoms with E-state index in [1.165, 1.54) is 16.8 Å². The molecular formula is C15H17N3O3. The summed E-state index contributed by atoms with van der Waals surface area (Å²) in [6.07, 6.45) is -0.635. The number of nitrogens with one attached hydrogen (secondary N) is 1. The molecule has 2 aromatic rings. The average Bonchev–Trinajstić information content (AvgIpc) is 2.48. The van der Waals surface area contributed by atoms with Gasteiger partial charge in [-0.3, -0.25) is 9.59 Å². The first kappa shape index (κ1) is 14.9. The summed E-state index contributed by atoms with van der Waals surface area (Å²) in [5.41, 5.74) is 0.797. The second-order valence-corrected chi connectivity index (χ2v) is 4.76. The molecular weight excluding hydrogens is 270 g/mol. The van der Waals surface area contributed by atoms with Gasteiger partial charge in [0.25, 0.3) is 11.5 Å². The van der Waals surface area contributed by atoms with Gasteiger partial charge in [-0.05, 0) is 18.6 Å². The lowest BCUT2D eigenvalue weighted by molar-refractivity contribution is 0.0916. The summed E-state index contributed by atoms with van der Waals surface area (Å²) in [5.74, 6) is -0.419. The summed E-state index contributed by atoms with van der Waals surface area (Å²) in [6, 6.07) is 12.1. The molecule has 0 bridgehead atoms. The van der Waals surface area contributed by atoms with Crippen molar-refractivity contribution in [1.29, 1.82) is 0 Å². The molecule has 1 amide bonds. The van der Waals surface area contributed by atoms with Crippen molar-refractivity contribution in [3.8, 4) is 0 Å². The lowest BCUT2D eigenvalue weighted by atomic mass is 10.2. The van der Waals surface area contributed by atoms with Gasteiger partial charge in [-0.15, -0.1) is 0 Å². The molecule has 0 saturated heterocycles. The number of aromatic nitrogens is 2. The molecule has 0 aliphatic rings. The van der Waals surface area contributed by atoms with E-state index in [-0.39, 0.29) is 17.8 Å². The molecule has 0 spiro atoms. The monoisotopic (exact) mass is 287 g/mol. The molecule has 1 atom stereocenters. The molecule has 21 heavy (non-hydrogen) atoms. The van der Waals surface area contributed by atoms with Crippen LogP contribution in [-0.2, 0) is 6.54 Å². The molecule has 0 radical (unpaired) electrons. The van der Waals surface area contributed by atoms with E-state index in [9.17, 15) is 9.59 Å². The summed E-state index contributed by atoms with van der Waals surface area (Å²) >= 11 is 0. The molecule has 6 heteroatoms. The van der Waals surface area contributed by atoms with Crippen molar-refractivity contribution >= 4 is 5.91 Å². The van der Waals surface area contributed by atoms with Crippen LogP contribution in [0.5, 0.6) is 0 Å². The van der Waals surface area contributed by atoms with Crippen LogP contribution in [0.4, 0.5) is 0 Å². The van der Waals surface area contributed by atoms with Gasteiger partial charge in [-0.2, -0.15) is 5.10 Å². The number of rotatable bonds is 5. The molecule has 2 rings (SSSR count). The van der Waals surface area contributed by atoms with Gasteiger partial charge < -0.3 is 10.4 Å². The fourth-order valence-corrected chi connectivity index (χ4v) is 1.77. The van der Waals surface area contributed by atoms with E-state index in [1.54, 1.807) is 6.92 Å². The van der Waals surface area contributed by atoms with Crippen molar-refractivity contribution in [2.75, 3.05) is 6.54 Å². The Bertz CT molecular complexity index is 665. The highest BCUT2D eigenvalue weighted by atomic mass is 16.3. The molecule has 0 saturated carbocycles. The molecule has 0 aliphatic heterocycles. The minimum atomic E-state index is -0.635. The van der Waals surface area contributed by atoms with Crippen molar-refractivity contribution in [2.45, 2.75) is 19.6 Å². The van der Waals surface area contributed by atoms with Gasteiger partial charge in [0.1, 0.15) is 5.69 Å². The van der Waals surface area contributed by atoms with Crippen molar-refractivity contribution in [3.63, 3.8) is 0 Å². The molecule has 110 valence electrons. The standard InChI is InChI=1S/C15H17N3O3/c1-11(19)9-16-15(21)13-7-8-14(20)18(17-13)10-12-5-3-2-4-6-12/h2-8,11,19H,9-10H2,1H3,(H,16,21). The Labute approximate surface area is 122 Å². The Kier molecular flexibility index (Phi) is 4.84. The molecule has 6 nitrogen and oxygen atoms in total. The predicted octanol–water partition coefficient (Wildman–Crippen LogP) is 0.402. The lowest BCUT2D eigenvalue weighted by Crippen LogP contribution is -2.33. The van der Waals surface area contributed by atoms with Crippen LogP contribution in [0.1, 0.15) is 23.0 Å². The third-order valence-corrected chi connectivity index (χ3v) is 2.83. The molecule has 1 aromatic carbocycles. The van der Waals surface area contributed by atoms with Crippen LogP contribution in [0.25, 0.3) is 0 Å². The molecule has 0 aliphatic carbocycles. The van der Waals surface area contributed by atoms with Crippen molar-refractivity contribution in [2.24, 2.45) is 0 Å². The fraction of sp³-hybridized carbons (Fsp3) is 0.267. The Morgan fingerprint density at radius 2 is 2.00 bits per heavy atom. The molecule has 1 aromatic heterocycles. The minimum Gasteiger partial charge on any atom is -0.392 e. The van der Waals surface area contributed by atoms with Crippen LogP contribution in [0, 0.1) is 0 Å². The van der Waals surface area contributed by atoms with Gasteiger partial charge in [0, 0.05) is 12.6 Å². The fourth-order valence-electron chi connectivity index (χ4n) is 1.77. The third-order valence-electron chi connectivity index (χ3n) is 2.83. The molecule has 2 N–H and O–H groups in total. The molecule has 0 fully saturated rings. The summed E-state index contributed by atoms with van der Waals surface area (Å²) in [6.45, 7) is 2.01. The number of hydrogen-bond donors (Lipinski definition) is 2. The van der Waals surface area contributed by atoms with Gasteiger partial charge in [0.05, 0.1) is 12.6 Å². The van der Waals surface area contributed by atoms with Gasteiger partial charge in [0.2, 0.25) is 0 Å². The van der Waals surface area contributed by atoms with Gasteiger partial charge in [-0.25, -0.2) is 4.68 Å². The third kappa shape index (κ3) is 4.25. The number of benzene rings is 1. The number of hydrogen-bond acceptors (Lipinski definition) is 4. The Balaban J connectivity index is 2.17. The number of aliphatic hydroxyl groups excluding tert-OH is 1. The van der Waals surface area contributed by atoms with E-state index in [1.807, 2.05) is 30.3 Å². The molecule has 1 unspecified atom stereocenters. The van der Waals surface area contributed by atoms with Gasteiger partial charge in [0.15, 0.2) is 0 Å². The number of amides is 1. The number of carbonyl (C=O) groups is 1. The van der Waals surface area contributed by atoms with Crippen LogP contribution in [0.15, 0.2) is 47.3 Å². The highest BCUT2D eigenvalue weighted by Crippen LogP contribution is 2.00. The number of nitrogens with zero attached hydrogens (tertiary/aromatic N) is 2. The van der Waals surface area contributed by atoms with Gasteiger partial charge >= 0.3 is 0 Å². The van der Waals surface area contributed by atoms with Crippen LogP contribution in [0.3, 0.4) is 0 Å². The normalized spacial score (nSPS) is 11.9. The second-order valence-electron chi connectivity index (χ2n) is 4.76. The van der Waals surface area contributed by atoms with Crippen LogP contribution < -0.4 is 10.9 Å². The molecule has 1 heterocycles. The zero-order valence-electron chi connectivity index (χ0n) is 11.7. The maximum absolute atomic E-state index is 11.9. The summed E-state index contributed by atoms with van der Waals surface area (Å²) in [4.78, 5) is 23.7. The van der Waals surface area contributed by atoms with Gasteiger partial charge in [-0.1, -0.05) is 30.3 Å². The number of aliphatic hydroxyl groups is 1. The Morgan fingerprint density at radius 3 is 2.67 bits per heavy atom. The summed E-state index contributed by atoms with van der Waals surface area (Å²) < 4.78 is 1.24. The zero-order valence-corrected chi connectivity index (χ0v) is 11.7. The Hall–Kier alpha value is -2.47. The largest absolute Gasteiger partial charge is 0.392 e. The first-order valence-corrected chi connectivity index (χ1v) is 6.64. The van der Waals surface area contributed by atoms with Crippen molar-refractivity contribution < 1.29 is 9.90 Å². The zero-order chi connectivity index (χ0) is 15.2. The van der Waals surface area contributed by atoms with E-state index < -0.39 is 12.0 Å². The average molecular weight is 287 g/mol. The SMILES string of the molecule is CC(O)CNC(=O)c1ccc(=O)n(Cc2ccccc2)n1.